The lowest BCUT2D eigenvalue weighted by atomic mass is 10.2. The van der Waals surface area contributed by atoms with Crippen LogP contribution in [0.3, 0.4) is 0 Å². The lowest BCUT2D eigenvalue weighted by Crippen LogP contribution is -2.40. The van der Waals surface area contributed by atoms with Gasteiger partial charge in [-0.25, -0.2) is 4.39 Å². The molecule has 0 atom stereocenters. The van der Waals surface area contributed by atoms with E-state index < -0.39 is 17.6 Å². The summed E-state index contributed by atoms with van der Waals surface area (Å²) in [4.78, 5) is 25.0. The van der Waals surface area contributed by atoms with Crippen LogP contribution in [0.25, 0.3) is 0 Å². The molecule has 1 aromatic rings. The summed E-state index contributed by atoms with van der Waals surface area (Å²) in [5.41, 5.74) is 0.348. The molecule has 0 bridgehead atoms. The van der Waals surface area contributed by atoms with Crippen LogP contribution in [0.5, 0.6) is 0 Å². The highest BCUT2D eigenvalue weighted by molar-refractivity contribution is 6.35. The first-order chi connectivity index (χ1) is 9.50. The summed E-state index contributed by atoms with van der Waals surface area (Å²) < 4.78 is 13.3. The lowest BCUT2D eigenvalue weighted by Gasteiger charge is -2.10. The van der Waals surface area contributed by atoms with E-state index in [1.54, 1.807) is 18.2 Å². The molecule has 0 saturated carbocycles. The number of carbonyl (C=O) groups excluding carboxylic acids is 2. The first-order valence-corrected chi connectivity index (χ1v) is 6.45. The Morgan fingerprint density at radius 1 is 1.15 bits per heavy atom. The predicted molar refractivity (Wildman–Crippen MR) is 74.4 cm³/mol. The molecule has 110 valence electrons. The molecule has 5 nitrogen and oxygen atoms in total. The molecule has 0 heterocycles. The normalized spacial score (nSPS) is 10.4. The van der Waals surface area contributed by atoms with E-state index >= 15 is 0 Å². The van der Waals surface area contributed by atoms with Gasteiger partial charge in [-0.2, -0.15) is 0 Å². The molecule has 0 fully saturated rings. The Bertz CT molecular complexity index is 463. The van der Waals surface area contributed by atoms with Crippen LogP contribution < -0.4 is 10.6 Å². The number of hydrogen-bond donors (Lipinski definition) is 2. The molecule has 0 unspecified atom stereocenters. The SMILES string of the molecule is CN(C)CCCNC(=O)C(=O)NCc1ccccc1F. The summed E-state index contributed by atoms with van der Waals surface area (Å²) >= 11 is 0. The summed E-state index contributed by atoms with van der Waals surface area (Å²) in [6.07, 6.45) is 0.763. The van der Waals surface area contributed by atoms with Crippen LogP contribution in [0, 0.1) is 5.82 Å². The maximum absolute atomic E-state index is 13.3. The summed E-state index contributed by atoms with van der Waals surface area (Å²) in [6.45, 7) is 1.26. The predicted octanol–water partition coefficient (Wildman–Crippen LogP) is 0.510. The van der Waals surface area contributed by atoms with Crippen molar-refractivity contribution in [3.63, 3.8) is 0 Å². The Labute approximate surface area is 118 Å². The van der Waals surface area contributed by atoms with E-state index in [0.717, 1.165) is 13.0 Å². The van der Waals surface area contributed by atoms with Gasteiger partial charge in [0.25, 0.3) is 0 Å². The van der Waals surface area contributed by atoms with E-state index in [4.69, 9.17) is 0 Å². The van der Waals surface area contributed by atoms with Crippen molar-refractivity contribution < 1.29 is 14.0 Å². The van der Waals surface area contributed by atoms with Gasteiger partial charge in [-0.05, 0) is 33.1 Å². The van der Waals surface area contributed by atoms with Crippen LogP contribution in [0.2, 0.25) is 0 Å². The van der Waals surface area contributed by atoms with Crippen molar-refractivity contribution in [1.82, 2.24) is 15.5 Å². The molecule has 20 heavy (non-hydrogen) atoms. The third-order valence-electron chi connectivity index (χ3n) is 2.67. The second-order valence-electron chi connectivity index (χ2n) is 4.69. The topological polar surface area (TPSA) is 61.4 Å². The maximum atomic E-state index is 13.3. The average molecular weight is 281 g/mol. The van der Waals surface area contributed by atoms with Gasteiger partial charge in [0.15, 0.2) is 0 Å². The Morgan fingerprint density at radius 3 is 2.45 bits per heavy atom. The second kappa shape index (κ2) is 8.27. The van der Waals surface area contributed by atoms with Crippen LogP contribution >= 0.6 is 0 Å². The van der Waals surface area contributed by atoms with E-state index in [2.05, 4.69) is 10.6 Å². The Balaban J connectivity index is 2.28. The molecule has 0 saturated heterocycles. The van der Waals surface area contributed by atoms with Crippen molar-refractivity contribution in [3.8, 4) is 0 Å². The third-order valence-corrected chi connectivity index (χ3v) is 2.67. The summed E-state index contributed by atoms with van der Waals surface area (Å²) in [5, 5.41) is 4.91. The first kappa shape index (κ1) is 16.1. The van der Waals surface area contributed by atoms with Crippen molar-refractivity contribution in [2.75, 3.05) is 27.2 Å². The zero-order valence-corrected chi connectivity index (χ0v) is 11.8. The van der Waals surface area contributed by atoms with Gasteiger partial charge in [0.1, 0.15) is 5.82 Å². The Morgan fingerprint density at radius 2 is 1.80 bits per heavy atom. The number of carbonyl (C=O) groups is 2. The van der Waals surface area contributed by atoms with Gasteiger partial charge in [0.05, 0.1) is 0 Å². The van der Waals surface area contributed by atoms with Crippen molar-refractivity contribution in [1.29, 1.82) is 0 Å². The van der Waals surface area contributed by atoms with Crippen LogP contribution in [-0.4, -0.2) is 43.9 Å². The molecule has 6 heteroatoms. The van der Waals surface area contributed by atoms with Gasteiger partial charge in [0.2, 0.25) is 0 Å². The van der Waals surface area contributed by atoms with Crippen molar-refractivity contribution in [2.45, 2.75) is 13.0 Å². The van der Waals surface area contributed by atoms with E-state index in [1.807, 2.05) is 19.0 Å². The zero-order valence-electron chi connectivity index (χ0n) is 11.8. The van der Waals surface area contributed by atoms with Crippen LogP contribution in [0.1, 0.15) is 12.0 Å². The van der Waals surface area contributed by atoms with Gasteiger partial charge in [-0.3, -0.25) is 9.59 Å². The fourth-order valence-electron chi connectivity index (χ4n) is 1.58. The highest BCUT2D eigenvalue weighted by Gasteiger charge is 2.12. The van der Waals surface area contributed by atoms with Gasteiger partial charge in [0, 0.05) is 18.7 Å². The number of nitrogens with zero attached hydrogens (tertiary/aromatic N) is 1. The quantitative estimate of drug-likeness (QED) is 0.590. The maximum Gasteiger partial charge on any atom is 0.309 e. The van der Waals surface area contributed by atoms with Crippen molar-refractivity contribution in [2.24, 2.45) is 0 Å². The number of rotatable bonds is 6. The first-order valence-electron chi connectivity index (χ1n) is 6.45. The molecule has 0 aromatic heterocycles. The summed E-state index contributed by atoms with van der Waals surface area (Å²) in [6, 6.07) is 6.11. The molecule has 2 N–H and O–H groups in total. The zero-order chi connectivity index (χ0) is 15.0. The summed E-state index contributed by atoms with van der Waals surface area (Å²) in [5.74, 6) is -1.85. The smallest absolute Gasteiger partial charge is 0.309 e. The molecule has 1 aromatic carbocycles. The van der Waals surface area contributed by atoms with Gasteiger partial charge < -0.3 is 15.5 Å². The largest absolute Gasteiger partial charge is 0.348 e. The van der Waals surface area contributed by atoms with E-state index in [0.29, 0.717) is 12.1 Å². The number of benzene rings is 1. The van der Waals surface area contributed by atoms with Gasteiger partial charge in [-0.1, -0.05) is 18.2 Å². The van der Waals surface area contributed by atoms with E-state index in [1.165, 1.54) is 6.07 Å². The molecule has 2 amide bonds. The van der Waals surface area contributed by atoms with Crippen LogP contribution in [-0.2, 0) is 16.1 Å². The standard InChI is InChI=1S/C14H20FN3O2/c1-18(2)9-5-8-16-13(19)14(20)17-10-11-6-3-4-7-12(11)15/h3-4,6-7H,5,8-10H2,1-2H3,(H,16,19)(H,17,20). The molecule has 0 aliphatic rings. The molecule has 0 aliphatic heterocycles. The number of halogens is 1. The van der Waals surface area contributed by atoms with Crippen LogP contribution in [0.15, 0.2) is 24.3 Å². The highest BCUT2D eigenvalue weighted by Crippen LogP contribution is 2.05. The minimum absolute atomic E-state index is 0.00335. The summed E-state index contributed by atoms with van der Waals surface area (Å²) in [7, 11) is 3.87. The minimum atomic E-state index is -0.752. The average Bonchev–Trinajstić information content (AvgIpc) is 2.42. The number of amides is 2. The molecule has 0 aliphatic carbocycles. The fraction of sp³-hybridized carbons (Fsp3) is 0.429. The van der Waals surface area contributed by atoms with Gasteiger partial charge in [-0.15, -0.1) is 0 Å². The third kappa shape index (κ3) is 5.79. The molecule has 0 spiro atoms. The lowest BCUT2D eigenvalue weighted by molar-refractivity contribution is -0.139. The monoisotopic (exact) mass is 281 g/mol. The van der Waals surface area contributed by atoms with Crippen LogP contribution in [0.4, 0.5) is 4.39 Å². The number of hydrogen-bond acceptors (Lipinski definition) is 3. The van der Waals surface area contributed by atoms with Gasteiger partial charge >= 0.3 is 11.8 Å². The Kier molecular flexibility index (Phi) is 6.66. The molecule has 1 rings (SSSR count). The van der Waals surface area contributed by atoms with Crippen molar-refractivity contribution >= 4 is 11.8 Å². The molecular formula is C14H20FN3O2. The molecular weight excluding hydrogens is 261 g/mol. The van der Waals surface area contributed by atoms with E-state index in [9.17, 15) is 14.0 Å². The van der Waals surface area contributed by atoms with Crippen molar-refractivity contribution in [3.05, 3.63) is 35.6 Å². The number of nitrogens with one attached hydrogen (secondary N) is 2. The van der Waals surface area contributed by atoms with E-state index in [-0.39, 0.29) is 6.54 Å². The fourth-order valence-corrected chi connectivity index (χ4v) is 1.58. The highest BCUT2D eigenvalue weighted by atomic mass is 19.1. The Hall–Kier alpha value is -1.95. The minimum Gasteiger partial charge on any atom is -0.348 e. The second-order valence-corrected chi connectivity index (χ2v) is 4.69. The molecule has 0 radical (unpaired) electrons.